The number of nitrogens with one attached hydrogen (secondary N) is 3. The van der Waals surface area contributed by atoms with E-state index in [1.165, 1.54) is 24.3 Å². The van der Waals surface area contributed by atoms with Crippen molar-refractivity contribution in [2.75, 3.05) is 16.0 Å². The quantitative estimate of drug-likeness (QED) is 0.811. The summed E-state index contributed by atoms with van der Waals surface area (Å²) in [6.45, 7) is 3.97. The number of hydrogen-bond donors (Lipinski definition) is 3. The predicted molar refractivity (Wildman–Crippen MR) is 91.6 cm³/mol. The van der Waals surface area contributed by atoms with Crippen molar-refractivity contribution in [3.05, 3.63) is 53.3 Å². The number of amides is 2. The number of hydrogen-bond acceptors (Lipinski definition) is 3. The lowest BCUT2D eigenvalue weighted by Gasteiger charge is -2.27. The fraction of sp³-hybridized carbons (Fsp3) is 0.222. The number of anilines is 3. The number of carbonyl (C=O) groups is 2. The molecule has 0 spiro atoms. The normalized spacial score (nSPS) is 16.0. The van der Waals surface area contributed by atoms with Crippen molar-refractivity contribution in [1.82, 2.24) is 0 Å². The van der Waals surface area contributed by atoms with Crippen molar-refractivity contribution < 1.29 is 14.0 Å². The maximum atomic E-state index is 12.9. The van der Waals surface area contributed by atoms with Crippen molar-refractivity contribution in [2.24, 2.45) is 0 Å². The Hall–Kier alpha value is -2.89. The van der Waals surface area contributed by atoms with Gasteiger partial charge >= 0.3 is 0 Å². The summed E-state index contributed by atoms with van der Waals surface area (Å²) in [7, 11) is 0. The number of fused-ring (bicyclic) bond motifs is 1. The Morgan fingerprint density at radius 3 is 2.42 bits per heavy atom. The first-order chi connectivity index (χ1) is 11.4. The van der Waals surface area contributed by atoms with Crippen molar-refractivity contribution >= 4 is 28.9 Å². The summed E-state index contributed by atoms with van der Waals surface area (Å²) in [4.78, 5) is 24.3. The maximum Gasteiger partial charge on any atom is 0.247 e. The van der Waals surface area contributed by atoms with E-state index in [0.717, 1.165) is 22.5 Å². The first kappa shape index (κ1) is 16.0. The van der Waals surface area contributed by atoms with Crippen LogP contribution in [-0.4, -0.2) is 17.9 Å². The third kappa shape index (κ3) is 3.37. The van der Waals surface area contributed by atoms with Crippen LogP contribution in [0.25, 0.3) is 0 Å². The summed E-state index contributed by atoms with van der Waals surface area (Å²) in [6.07, 6.45) is -0.0183. The third-order valence-corrected chi connectivity index (χ3v) is 4.06. The van der Waals surface area contributed by atoms with Crippen molar-refractivity contribution in [2.45, 2.75) is 26.3 Å². The average molecular weight is 327 g/mol. The summed E-state index contributed by atoms with van der Waals surface area (Å²) >= 11 is 0. The molecule has 0 radical (unpaired) electrons. The Bertz CT molecular complexity index is 803. The molecule has 0 saturated heterocycles. The Labute approximate surface area is 139 Å². The molecule has 3 N–H and O–H groups in total. The fourth-order valence-electron chi connectivity index (χ4n) is 2.59. The number of benzene rings is 2. The zero-order valence-electron chi connectivity index (χ0n) is 13.4. The fourth-order valence-corrected chi connectivity index (χ4v) is 2.59. The first-order valence-electron chi connectivity index (χ1n) is 7.66. The topological polar surface area (TPSA) is 70.2 Å². The SMILES string of the molecule is Cc1cc2c(cc1C)N[C@H](CC(=O)Nc1ccc(F)cc1)C(=O)N2. The molecule has 6 heteroatoms. The second kappa shape index (κ2) is 6.31. The van der Waals surface area contributed by atoms with Gasteiger partial charge in [-0.3, -0.25) is 9.59 Å². The number of halogens is 1. The van der Waals surface area contributed by atoms with Crippen LogP contribution in [0.1, 0.15) is 17.5 Å². The Kier molecular flexibility index (Phi) is 4.20. The highest BCUT2D eigenvalue weighted by Crippen LogP contribution is 2.30. The molecule has 2 aromatic rings. The monoisotopic (exact) mass is 327 g/mol. The van der Waals surface area contributed by atoms with E-state index < -0.39 is 6.04 Å². The highest BCUT2D eigenvalue weighted by atomic mass is 19.1. The molecule has 0 unspecified atom stereocenters. The lowest BCUT2D eigenvalue weighted by atomic mass is 10.0. The molecule has 2 amide bonds. The van der Waals surface area contributed by atoms with E-state index in [4.69, 9.17) is 0 Å². The van der Waals surface area contributed by atoms with Gasteiger partial charge < -0.3 is 16.0 Å². The standard InChI is InChI=1S/C18H18FN3O2/c1-10-7-14-15(8-11(10)2)22-18(24)16(21-14)9-17(23)20-13-5-3-12(19)4-6-13/h3-8,16,21H,9H2,1-2H3,(H,20,23)(H,22,24)/t16-/m1/s1. The number of carbonyl (C=O) groups excluding carboxylic acids is 2. The van der Waals surface area contributed by atoms with Gasteiger partial charge in [-0.05, 0) is 61.4 Å². The second-order valence-corrected chi connectivity index (χ2v) is 5.93. The maximum absolute atomic E-state index is 12.9. The van der Waals surface area contributed by atoms with Gasteiger partial charge in [-0.1, -0.05) is 0 Å². The van der Waals surface area contributed by atoms with Gasteiger partial charge in [0.05, 0.1) is 17.8 Å². The highest BCUT2D eigenvalue weighted by molar-refractivity contribution is 6.06. The van der Waals surface area contributed by atoms with Crippen molar-refractivity contribution in [3.8, 4) is 0 Å². The van der Waals surface area contributed by atoms with Crippen LogP contribution in [0.2, 0.25) is 0 Å². The molecule has 1 atom stereocenters. The van der Waals surface area contributed by atoms with Crippen LogP contribution in [-0.2, 0) is 9.59 Å². The van der Waals surface area contributed by atoms with Gasteiger partial charge in [0.15, 0.2) is 0 Å². The largest absolute Gasteiger partial charge is 0.372 e. The smallest absolute Gasteiger partial charge is 0.247 e. The Morgan fingerprint density at radius 2 is 1.75 bits per heavy atom. The van der Waals surface area contributed by atoms with Gasteiger partial charge in [-0.25, -0.2) is 4.39 Å². The second-order valence-electron chi connectivity index (χ2n) is 5.93. The third-order valence-electron chi connectivity index (χ3n) is 4.06. The molecular weight excluding hydrogens is 309 g/mol. The summed E-state index contributed by atoms with van der Waals surface area (Å²) in [6, 6.07) is 8.69. The van der Waals surface area contributed by atoms with Gasteiger partial charge in [0, 0.05) is 5.69 Å². The van der Waals surface area contributed by atoms with Crippen molar-refractivity contribution in [1.29, 1.82) is 0 Å². The molecule has 2 aromatic carbocycles. The average Bonchev–Trinajstić information content (AvgIpc) is 2.52. The molecule has 1 heterocycles. The van der Waals surface area contributed by atoms with Crippen LogP contribution in [0.4, 0.5) is 21.5 Å². The first-order valence-corrected chi connectivity index (χ1v) is 7.66. The van der Waals surface area contributed by atoms with Crippen LogP contribution in [0, 0.1) is 19.7 Å². The molecule has 124 valence electrons. The molecule has 3 rings (SSSR count). The van der Waals surface area contributed by atoms with Crippen molar-refractivity contribution in [3.63, 3.8) is 0 Å². The van der Waals surface area contributed by atoms with Gasteiger partial charge in [0.1, 0.15) is 11.9 Å². The summed E-state index contributed by atoms with van der Waals surface area (Å²) in [5.41, 5.74) is 4.20. The number of rotatable bonds is 3. The van der Waals surface area contributed by atoms with E-state index in [9.17, 15) is 14.0 Å². The van der Waals surface area contributed by atoms with Gasteiger partial charge in [-0.15, -0.1) is 0 Å². The number of aryl methyl sites for hydroxylation is 2. The molecule has 1 aliphatic rings. The predicted octanol–water partition coefficient (Wildman–Crippen LogP) is 3.20. The molecule has 24 heavy (non-hydrogen) atoms. The Morgan fingerprint density at radius 1 is 1.12 bits per heavy atom. The van der Waals surface area contributed by atoms with Gasteiger partial charge in [0.2, 0.25) is 11.8 Å². The summed E-state index contributed by atoms with van der Waals surface area (Å²) < 4.78 is 12.9. The zero-order valence-corrected chi connectivity index (χ0v) is 13.4. The molecule has 0 aliphatic carbocycles. The summed E-state index contributed by atoms with van der Waals surface area (Å²) in [5.74, 6) is -0.940. The molecule has 0 fully saturated rings. The molecule has 0 saturated carbocycles. The van der Waals surface area contributed by atoms with E-state index in [0.29, 0.717) is 5.69 Å². The lowest BCUT2D eigenvalue weighted by Crippen LogP contribution is -2.41. The molecule has 0 bridgehead atoms. The minimum atomic E-state index is -0.653. The van der Waals surface area contributed by atoms with Crippen LogP contribution in [0.3, 0.4) is 0 Å². The molecule has 1 aliphatic heterocycles. The molecule has 0 aromatic heterocycles. The summed E-state index contributed by atoms with van der Waals surface area (Å²) in [5, 5.41) is 8.59. The minimum absolute atomic E-state index is 0.0183. The van der Waals surface area contributed by atoms with E-state index in [1.807, 2.05) is 26.0 Å². The van der Waals surface area contributed by atoms with Crippen LogP contribution >= 0.6 is 0 Å². The van der Waals surface area contributed by atoms with Gasteiger partial charge in [-0.2, -0.15) is 0 Å². The van der Waals surface area contributed by atoms with E-state index in [2.05, 4.69) is 16.0 Å². The van der Waals surface area contributed by atoms with Crippen LogP contribution in [0.5, 0.6) is 0 Å². The van der Waals surface area contributed by atoms with E-state index >= 15 is 0 Å². The van der Waals surface area contributed by atoms with Crippen LogP contribution in [0.15, 0.2) is 36.4 Å². The van der Waals surface area contributed by atoms with Gasteiger partial charge in [0.25, 0.3) is 0 Å². The van der Waals surface area contributed by atoms with E-state index in [1.54, 1.807) is 0 Å². The van der Waals surface area contributed by atoms with E-state index in [-0.39, 0.29) is 24.1 Å². The Balaban J connectivity index is 1.68. The zero-order chi connectivity index (χ0) is 17.3. The van der Waals surface area contributed by atoms with Crippen LogP contribution < -0.4 is 16.0 Å². The highest BCUT2D eigenvalue weighted by Gasteiger charge is 2.27. The lowest BCUT2D eigenvalue weighted by molar-refractivity contribution is -0.122. The molecule has 5 nitrogen and oxygen atoms in total. The minimum Gasteiger partial charge on any atom is -0.372 e. The molecular formula is C18H18FN3O2.